The van der Waals surface area contributed by atoms with Crippen molar-refractivity contribution in [3.05, 3.63) is 124 Å². The summed E-state index contributed by atoms with van der Waals surface area (Å²) in [6.45, 7) is 2.52. The van der Waals surface area contributed by atoms with Crippen LogP contribution in [-0.4, -0.2) is 56.2 Å². The molecule has 1 aliphatic rings. The minimum Gasteiger partial charge on any atom is -0.336 e. The molecule has 2 aromatic heterocycles. The van der Waals surface area contributed by atoms with Crippen LogP contribution in [0.2, 0.25) is 0 Å². The summed E-state index contributed by atoms with van der Waals surface area (Å²) < 4.78 is 40.8. The molecule has 5 aromatic rings. The first-order chi connectivity index (χ1) is 20.7. The highest BCUT2D eigenvalue weighted by Crippen LogP contribution is 2.31. The summed E-state index contributed by atoms with van der Waals surface area (Å²) in [7, 11) is 0. The van der Waals surface area contributed by atoms with E-state index in [9.17, 15) is 28.1 Å². The number of hydrogen-bond donors (Lipinski definition) is 0. The van der Waals surface area contributed by atoms with E-state index in [1.54, 1.807) is 17.0 Å². The van der Waals surface area contributed by atoms with E-state index in [0.717, 1.165) is 40.3 Å². The van der Waals surface area contributed by atoms with Crippen molar-refractivity contribution in [3.8, 4) is 22.4 Å². The highest BCUT2D eigenvalue weighted by molar-refractivity contribution is 5.94. The summed E-state index contributed by atoms with van der Waals surface area (Å²) in [4.78, 5) is 32.7. The Bertz CT molecular complexity index is 1800. The fourth-order valence-electron chi connectivity index (χ4n) is 5.35. The predicted octanol–water partition coefficient (Wildman–Crippen LogP) is 6.55. The van der Waals surface area contributed by atoms with Gasteiger partial charge in [-0.15, -0.1) is 0 Å². The van der Waals surface area contributed by atoms with E-state index in [4.69, 9.17) is 4.98 Å². The molecular weight excluding hydrogens is 559 g/mol. The molecule has 6 rings (SSSR count). The van der Waals surface area contributed by atoms with Crippen molar-refractivity contribution in [3.63, 3.8) is 0 Å². The second kappa shape index (κ2) is 11.3. The van der Waals surface area contributed by atoms with Crippen LogP contribution < -0.4 is 0 Å². The maximum absolute atomic E-state index is 13.0. The largest absolute Gasteiger partial charge is 0.416 e. The minimum absolute atomic E-state index is 0.0112. The van der Waals surface area contributed by atoms with Crippen molar-refractivity contribution in [2.75, 3.05) is 26.2 Å². The number of carbonyl (C=O) groups is 1. The molecular formula is C32H26F3N5O3. The van der Waals surface area contributed by atoms with Crippen LogP contribution in [-0.2, 0) is 12.7 Å². The number of pyridine rings is 1. The Kier molecular flexibility index (Phi) is 7.41. The third kappa shape index (κ3) is 5.84. The van der Waals surface area contributed by atoms with Gasteiger partial charge in [0.25, 0.3) is 11.6 Å². The van der Waals surface area contributed by atoms with Crippen LogP contribution in [0.5, 0.6) is 0 Å². The standard InChI is InChI=1S/C32H26F3N5O3/c33-32(34,35)26-12-9-23(10-13-26)31(41)38-17-15-37(16-18-38)21-28-30(22-5-2-1-3-6-22)36-29-14-11-25(20-39(28)29)24-7-4-8-27(19-24)40(42)43/h1-14,19-20H,15-18,21H2. The number of non-ortho nitro benzene ring substituents is 1. The number of nitrogens with zero attached hydrogens (tertiary/aromatic N) is 5. The topological polar surface area (TPSA) is 84.0 Å². The van der Waals surface area contributed by atoms with E-state index >= 15 is 0 Å². The number of benzene rings is 3. The number of nitro groups is 1. The second-order valence-electron chi connectivity index (χ2n) is 10.4. The van der Waals surface area contributed by atoms with E-state index in [2.05, 4.69) is 4.90 Å². The SMILES string of the molecule is O=C(c1ccc(C(F)(F)F)cc1)N1CCN(Cc2c(-c3ccccc3)nc3ccc(-c4cccc([N+](=O)[O-])c4)cn23)CC1. The van der Waals surface area contributed by atoms with E-state index in [1.807, 2.05) is 59.1 Å². The lowest BCUT2D eigenvalue weighted by molar-refractivity contribution is -0.384. The van der Waals surface area contributed by atoms with E-state index in [0.29, 0.717) is 38.3 Å². The van der Waals surface area contributed by atoms with Gasteiger partial charge in [-0.05, 0) is 47.5 Å². The third-order valence-corrected chi connectivity index (χ3v) is 7.65. The summed E-state index contributed by atoms with van der Waals surface area (Å²) in [5.41, 5.74) is 4.42. The zero-order valence-electron chi connectivity index (χ0n) is 22.9. The van der Waals surface area contributed by atoms with Gasteiger partial charge in [0.2, 0.25) is 0 Å². The van der Waals surface area contributed by atoms with Gasteiger partial charge in [-0.1, -0.05) is 42.5 Å². The zero-order chi connectivity index (χ0) is 30.1. The van der Waals surface area contributed by atoms with Crippen molar-refractivity contribution < 1.29 is 22.9 Å². The fraction of sp³-hybridized carbons (Fsp3) is 0.188. The molecule has 1 amide bonds. The first-order valence-electron chi connectivity index (χ1n) is 13.7. The number of halogens is 3. The van der Waals surface area contributed by atoms with Gasteiger partial charge in [-0.3, -0.25) is 19.8 Å². The molecule has 0 aliphatic carbocycles. The van der Waals surface area contributed by atoms with Crippen LogP contribution in [0.1, 0.15) is 21.6 Å². The highest BCUT2D eigenvalue weighted by Gasteiger charge is 2.31. The maximum atomic E-state index is 13.0. The molecule has 0 N–H and O–H groups in total. The number of fused-ring (bicyclic) bond motifs is 1. The minimum atomic E-state index is -4.45. The van der Waals surface area contributed by atoms with Gasteiger partial charge in [0, 0.05) is 62.2 Å². The first-order valence-corrected chi connectivity index (χ1v) is 13.7. The molecule has 0 radical (unpaired) electrons. The lowest BCUT2D eigenvalue weighted by Gasteiger charge is -2.34. The van der Waals surface area contributed by atoms with Crippen molar-refractivity contribution >= 4 is 17.2 Å². The van der Waals surface area contributed by atoms with Crippen molar-refractivity contribution in [1.82, 2.24) is 19.2 Å². The molecule has 3 aromatic carbocycles. The number of aromatic nitrogens is 2. The quantitative estimate of drug-likeness (QED) is 0.167. The van der Waals surface area contributed by atoms with Crippen molar-refractivity contribution in [2.24, 2.45) is 0 Å². The third-order valence-electron chi connectivity index (χ3n) is 7.65. The van der Waals surface area contributed by atoms with Gasteiger partial charge in [-0.2, -0.15) is 13.2 Å². The highest BCUT2D eigenvalue weighted by atomic mass is 19.4. The van der Waals surface area contributed by atoms with Crippen LogP contribution >= 0.6 is 0 Å². The predicted molar refractivity (Wildman–Crippen MR) is 155 cm³/mol. The number of amides is 1. The Morgan fingerprint density at radius 2 is 1.53 bits per heavy atom. The molecule has 1 saturated heterocycles. The first kappa shape index (κ1) is 28.1. The molecule has 0 bridgehead atoms. The number of rotatable bonds is 6. The van der Waals surface area contributed by atoms with Crippen molar-refractivity contribution in [2.45, 2.75) is 12.7 Å². The van der Waals surface area contributed by atoms with Crippen LogP contribution in [0.3, 0.4) is 0 Å². The van der Waals surface area contributed by atoms with Crippen LogP contribution in [0, 0.1) is 10.1 Å². The number of carbonyl (C=O) groups excluding carboxylic acids is 1. The smallest absolute Gasteiger partial charge is 0.336 e. The van der Waals surface area contributed by atoms with Gasteiger partial charge in [0.05, 0.1) is 21.9 Å². The van der Waals surface area contributed by atoms with Gasteiger partial charge in [0.15, 0.2) is 0 Å². The summed E-state index contributed by atoms with van der Waals surface area (Å²) in [6, 6.07) is 24.4. The molecule has 1 fully saturated rings. The average Bonchev–Trinajstić information content (AvgIpc) is 3.38. The Balaban J connectivity index is 1.25. The van der Waals surface area contributed by atoms with Gasteiger partial charge in [-0.25, -0.2) is 4.98 Å². The van der Waals surface area contributed by atoms with Crippen LogP contribution in [0.25, 0.3) is 28.0 Å². The lowest BCUT2D eigenvalue weighted by atomic mass is 10.1. The Morgan fingerprint density at radius 1 is 0.837 bits per heavy atom. The number of imidazole rings is 1. The molecule has 1 aliphatic heterocycles. The molecule has 0 atom stereocenters. The fourth-order valence-corrected chi connectivity index (χ4v) is 5.35. The van der Waals surface area contributed by atoms with Gasteiger partial charge < -0.3 is 9.30 Å². The molecule has 0 spiro atoms. The lowest BCUT2D eigenvalue weighted by Crippen LogP contribution is -2.48. The molecule has 0 unspecified atom stereocenters. The van der Waals surface area contributed by atoms with E-state index < -0.39 is 16.7 Å². The van der Waals surface area contributed by atoms with Crippen LogP contribution in [0.4, 0.5) is 18.9 Å². The Morgan fingerprint density at radius 3 is 2.21 bits per heavy atom. The summed E-state index contributed by atoms with van der Waals surface area (Å²) in [5, 5.41) is 11.3. The van der Waals surface area contributed by atoms with Gasteiger partial charge >= 0.3 is 6.18 Å². The van der Waals surface area contributed by atoms with Crippen molar-refractivity contribution in [1.29, 1.82) is 0 Å². The second-order valence-corrected chi connectivity index (χ2v) is 10.4. The summed E-state index contributed by atoms with van der Waals surface area (Å²) in [5.74, 6) is -0.297. The molecule has 0 saturated carbocycles. The van der Waals surface area contributed by atoms with Crippen LogP contribution in [0.15, 0.2) is 97.2 Å². The summed E-state index contributed by atoms with van der Waals surface area (Å²) >= 11 is 0. The zero-order valence-corrected chi connectivity index (χ0v) is 22.9. The van der Waals surface area contributed by atoms with E-state index in [1.165, 1.54) is 18.2 Å². The van der Waals surface area contributed by atoms with E-state index in [-0.39, 0.29) is 17.2 Å². The number of hydrogen-bond acceptors (Lipinski definition) is 5. The number of alkyl halides is 3. The molecule has 3 heterocycles. The number of nitro benzene ring substituents is 1. The maximum Gasteiger partial charge on any atom is 0.416 e. The number of piperazine rings is 1. The van der Waals surface area contributed by atoms with Gasteiger partial charge in [0.1, 0.15) is 5.65 Å². The molecule has 11 heteroatoms. The monoisotopic (exact) mass is 585 g/mol. The molecule has 218 valence electrons. The Labute approximate surface area is 244 Å². The normalized spacial score (nSPS) is 14.3. The summed E-state index contributed by atoms with van der Waals surface area (Å²) in [6.07, 6.45) is -2.52. The molecule has 43 heavy (non-hydrogen) atoms. The average molecular weight is 586 g/mol. The molecule has 8 nitrogen and oxygen atoms in total. The Hall–Kier alpha value is -5.03.